The molecule has 0 aliphatic heterocycles. The number of alkyl halides is 3. The molecule has 3 rings (SSSR count). The summed E-state index contributed by atoms with van der Waals surface area (Å²) < 4.78 is 62.0. The summed E-state index contributed by atoms with van der Waals surface area (Å²) >= 11 is 0. The number of hydrogen-bond donors (Lipinski definition) is 0. The zero-order valence-corrected chi connectivity index (χ0v) is 14.3. The number of nitrogens with zero attached hydrogens (tertiary/aromatic N) is 2. The van der Waals surface area contributed by atoms with Gasteiger partial charge in [0.1, 0.15) is 28.9 Å². The van der Waals surface area contributed by atoms with Crippen molar-refractivity contribution in [1.82, 2.24) is 9.55 Å². The van der Waals surface area contributed by atoms with Gasteiger partial charge in [-0.25, -0.2) is 9.37 Å². The standard InChI is InChI=1S/C19H16F4N2O2/c1-2-18-24-9-10-25(18)12-13-3-4-16(11-17(13)20)26-14-5-7-15(8-6-14)27-19(21,22)23/h3-11H,2,12H2,1H3. The number of aromatic nitrogens is 2. The SMILES string of the molecule is CCc1nccn1Cc1ccc(Oc2ccc(OC(F)(F)F)cc2)cc1F. The Balaban J connectivity index is 1.69. The number of aryl methyl sites for hydroxylation is 1. The second kappa shape index (κ2) is 7.69. The molecular weight excluding hydrogens is 364 g/mol. The Morgan fingerprint density at radius 3 is 2.30 bits per heavy atom. The van der Waals surface area contributed by atoms with Crippen LogP contribution in [0.1, 0.15) is 18.3 Å². The van der Waals surface area contributed by atoms with Gasteiger partial charge >= 0.3 is 6.36 Å². The van der Waals surface area contributed by atoms with E-state index in [-0.39, 0.29) is 17.2 Å². The Kier molecular flexibility index (Phi) is 5.34. The number of hydrogen-bond acceptors (Lipinski definition) is 3. The van der Waals surface area contributed by atoms with Gasteiger partial charge in [-0.3, -0.25) is 0 Å². The van der Waals surface area contributed by atoms with Gasteiger partial charge in [-0.05, 0) is 30.3 Å². The second-order valence-electron chi connectivity index (χ2n) is 5.70. The summed E-state index contributed by atoms with van der Waals surface area (Å²) in [7, 11) is 0. The maximum Gasteiger partial charge on any atom is 0.573 e. The van der Waals surface area contributed by atoms with E-state index in [2.05, 4.69) is 9.72 Å². The predicted molar refractivity (Wildman–Crippen MR) is 90.3 cm³/mol. The zero-order valence-electron chi connectivity index (χ0n) is 14.3. The van der Waals surface area contributed by atoms with E-state index in [9.17, 15) is 17.6 Å². The predicted octanol–water partition coefficient (Wildman–Crippen LogP) is 5.32. The van der Waals surface area contributed by atoms with Gasteiger partial charge in [0.25, 0.3) is 0 Å². The van der Waals surface area contributed by atoms with Crippen molar-refractivity contribution in [1.29, 1.82) is 0 Å². The molecule has 0 aliphatic rings. The Morgan fingerprint density at radius 2 is 1.67 bits per heavy atom. The molecule has 1 aromatic heterocycles. The van der Waals surface area contributed by atoms with Crippen molar-refractivity contribution < 1.29 is 27.0 Å². The highest BCUT2D eigenvalue weighted by atomic mass is 19.4. The smallest absolute Gasteiger partial charge is 0.457 e. The summed E-state index contributed by atoms with van der Waals surface area (Å²) in [6.45, 7) is 2.32. The molecule has 0 radical (unpaired) electrons. The average molecular weight is 380 g/mol. The molecule has 0 amide bonds. The lowest BCUT2D eigenvalue weighted by Crippen LogP contribution is -2.16. The molecule has 27 heavy (non-hydrogen) atoms. The van der Waals surface area contributed by atoms with E-state index in [1.165, 1.54) is 18.2 Å². The minimum atomic E-state index is -4.76. The first-order valence-corrected chi connectivity index (χ1v) is 8.16. The first-order valence-electron chi connectivity index (χ1n) is 8.16. The fourth-order valence-electron chi connectivity index (χ4n) is 2.55. The maximum absolute atomic E-state index is 14.4. The summed E-state index contributed by atoms with van der Waals surface area (Å²) in [4.78, 5) is 4.20. The Morgan fingerprint density at radius 1 is 1.00 bits per heavy atom. The van der Waals surface area contributed by atoms with Gasteiger partial charge in [0.2, 0.25) is 0 Å². The van der Waals surface area contributed by atoms with Crippen molar-refractivity contribution in [2.24, 2.45) is 0 Å². The quantitative estimate of drug-likeness (QED) is 0.543. The fourth-order valence-corrected chi connectivity index (χ4v) is 2.55. The van der Waals surface area contributed by atoms with Gasteiger partial charge in [-0.1, -0.05) is 13.0 Å². The highest BCUT2D eigenvalue weighted by Crippen LogP contribution is 2.28. The Hall–Kier alpha value is -3.03. The molecule has 8 heteroatoms. The molecule has 0 saturated heterocycles. The molecule has 4 nitrogen and oxygen atoms in total. The molecule has 0 atom stereocenters. The van der Waals surface area contributed by atoms with Crippen LogP contribution in [0.25, 0.3) is 0 Å². The summed E-state index contributed by atoms with van der Waals surface area (Å²) in [6.07, 6.45) is -0.564. The van der Waals surface area contributed by atoms with E-state index in [1.54, 1.807) is 24.5 Å². The van der Waals surface area contributed by atoms with Gasteiger partial charge in [-0.2, -0.15) is 0 Å². The minimum Gasteiger partial charge on any atom is -0.457 e. The summed E-state index contributed by atoms with van der Waals surface area (Å²) in [6, 6.07) is 9.31. The van der Waals surface area contributed by atoms with Crippen LogP contribution >= 0.6 is 0 Å². The van der Waals surface area contributed by atoms with E-state index in [4.69, 9.17) is 4.74 Å². The maximum atomic E-state index is 14.4. The first kappa shape index (κ1) is 18.8. The van der Waals surface area contributed by atoms with E-state index >= 15 is 0 Å². The average Bonchev–Trinajstić information content (AvgIpc) is 3.05. The fraction of sp³-hybridized carbons (Fsp3) is 0.211. The molecule has 0 saturated carbocycles. The molecule has 0 N–H and O–H groups in total. The molecule has 0 fully saturated rings. The summed E-state index contributed by atoms with van der Waals surface area (Å²) in [5.74, 6) is 0.557. The molecule has 0 bridgehead atoms. The first-order chi connectivity index (χ1) is 12.8. The van der Waals surface area contributed by atoms with E-state index in [1.807, 2.05) is 11.5 Å². The highest BCUT2D eigenvalue weighted by Gasteiger charge is 2.30. The number of rotatable bonds is 6. The monoisotopic (exact) mass is 380 g/mol. The zero-order chi connectivity index (χ0) is 19.4. The van der Waals surface area contributed by atoms with Gasteiger partial charge in [0.05, 0.1) is 6.54 Å². The summed E-state index contributed by atoms with van der Waals surface area (Å²) in [5, 5.41) is 0. The van der Waals surface area contributed by atoms with Crippen LogP contribution in [-0.4, -0.2) is 15.9 Å². The van der Waals surface area contributed by atoms with Crippen molar-refractivity contribution >= 4 is 0 Å². The normalized spacial score (nSPS) is 11.4. The van der Waals surface area contributed by atoms with Crippen LogP contribution in [-0.2, 0) is 13.0 Å². The van der Waals surface area contributed by atoms with Crippen LogP contribution in [0, 0.1) is 5.82 Å². The molecule has 142 valence electrons. The third kappa shape index (κ3) is 4.99. The van der Waals surface area contributed by atoms with Crippen molar-refractivity contribution in [2.75, 3.05) is 0 Å². The number of halogens is 4. The largest absolute Gasteiger partial charge is 0.573 e. The third-order valence-corrected chi connectivity index (χ3v) is 3.78. The molecule has 1 heterocycles. The van der Waals surface area contributed by atoms with E-state index < -0.39 is 12.2 Å². The van der Waals surface area contributed by atoms with Gasteiger partial charge < -0.3 is 14.0 Å². The molecule has 3 aromatic rings. The molecule has 2 aromatic carbocycles. The molecule has 0 unspecified atom stereocenters. The second-order valence-corrected chi connectivity index (χ2v) is 5.70. The lowest BCUT2D eigenvalue weighted by molar-refractivity contribution is -0.274. The lowest BCUT2D eigenvalue weighted by atomic mass is 10.2. The van der Waals surface area contributed by atoms with E-state index in [0.717, 1.165) is 24.4 Å². The van der Waals surface area contributed by atoms with Crippen LogP contribution < -0.4 is 9.47 Å². The molecular formula is C19H16F4N2O2. The molecule has 0 aliphatic carbocycles. The topological polar surface area (TPSA) is 36.3 Å². The lowest BCUT2D eigenvalue weighted by Gasteiger charge is -2.11. The Bertz CT molecular complexity index is 905. The number of ether oxygens (including phenoxy) is 2. The van der Waals surface area contributed by atoms with Crippen LogP contribution in [0.2, 0.25) is 0 Å². The van der Waals surface area contributed by atoms with Crippen LogP contribution in [0.4, 0.5) is 17.6 Å². The van der Waals surface area contributed by atoms with Crippen molar-refractivity contribution in [3.8, 4) is 17.2 Å². The van der Waals surface area contributed by atoms with Crippen molar-refractivity contribution in [3.63, 3.8) is 0 Å². The third-order valence-electron chi connectivity index (χ3n) is 3.78. The van der Waals surface area contributed by atoms with Crippen LogP contribution in [0.15, 0.2) is 54.9 Å². The van der Waals surface area contributed by atoms with Crippen LogP contribution in [0.3, 0.4) is 0 Å². The van der Waals surface area contributed by atoms with Crippen molar-refractivity contribution in [3.05, 3.63) is 72.1 Å². The van der Waals surface area contributed by atoms with Gasteiger partial charge in [0.15, 0.2) is 0 Å². The van der Waals surface area contributed by atoms with Crippen molar-refractivity contribution in [2.45, 2.75) is 26.3 Å². The highest BCUT2D eigenvalue weighted by molar-refractivity contribution is 5.37. The molecule has 0 spiro atoms. The Labute approximate surface area is 153 Å². The number of benzene rings is 2. The van der Waals surface area contributed by atoms with Crippen LogP contribution in [0.5, 0.6) is 17.2 Å². The van der Waals surface area contributed by atoms with Gasteiger partial charge in [0, 0.05) is 30.4 Å². The van der Waals surface area contributed by atoms with Gasteiger partial charge in [-0.15, -0.1) is 13.2 Å². The van der Waals surface area contributed by atoms with E-state index in [0.29, 0.717) is 12.1 Å². The minimum absolute atomic E-state index is 0.238. The number of imidazole rings is 1. The summed E-state index contributed by atoms with van der Waals surface area (Å²) in [5.41, 5.74) is 0.476.